The van der Waals surface area contributed by atoms with Gasteiger partial charge in [0, 0.05) is 56.0 Å². The number of hydrogen-bond acceptors (Lipinski definition) is 6. The first-order chi connectivity index (χ1) is 16.5. The highest BCUT2D eigenvalue weighted by atomic mass is 19.1. The van der Waals surface area contributed by atoms with E-state index in [0.717, 1.165) is 74.8 Å². The number of aromatic nitrogens is 1. The molecule has 1 aromatic heterocycles. The molecule has 0 aliphatic carbocycles. The van der Waals surface area contributed by atoms with Gasteiger partial charge in [0.2, 0.25) is 0 Å². The van der Waals surface area contributed by atoms with E-state index < -0.39 is 0 Å². The Balaban J connectivity index is 1.40. The van der Waals surface area contributed by atoms with Crippen LogP contribution in [0.4, 0.5) is 21.5 Å². The molecule has 2 saturated heterocycles. The van der Waals surface area contributed by atoms with Crippen LogP contribution >= 0.6 is 0 Å². The summed E-state index contributed by atoms with van der Waals surface area (Å²) in [6.45, 7) is 8.46. The summed E-state index contributed by atoms with van der Waals surface area (Å²) < 4.78 is 19.9. The number of hydrogen-bond donors (Lipinski definition) is 1. The Morgan fingerprint density at radius 2 is 1.68 bits per heavy atom. The topological polar surface area (TPSA) is 60.9 Å². The molecule has 5 rings (SSSR count). The number of halogens is 1. The third kappa shape index (κ3) is 4.69. The van der Waals surface area contributed by atoms with Gasteiger partial charge in [0.25, 0.3) is 5.91 Å². The fourth-order valence-corrected chi connectivity index (χ4v) is 4.62. The number of anilines is 3. The lowest BCUT2D eigenvalue weighted by Gasteiger charge is -2.34. The molecule has 3 aromatic rings. The van der Waals surface area contributed by atoms with Crippen LogP contribution in [0.2, 0.25) is 0 Å². The van der Waals surface area contributed by atoms with Crippen LogP contribution in [0.25, 0.3) is 10.9 Å². The van der Waals surface area contributed by atoms with Crippen molar-refractivity contribution in [3.63, 3.8) is 0 Å². The van der Waals surface area contributed by atoms with Crippen molar-refractivity contribution < 1.29 is 13.9 Å². The number of likely N-dealkylation sites (N-methyl/N-ethyl adjacent to an activating group) is 1. The fourth-order valence-electron chi connectivity index (χ4n) is 4.62. The molecule has 0 spiro atoms. The van der Waals surface area contributed by atoms with E-state index in [-0.39, 0.29) is 11.7 Å². The second-order valence-electron chi connectivity index (χ2n) is 9.04. The highest BCUT2D eigenvalue weighted by Crippen LogP contribution is 2.30. The normalized spacial score (nSPS) is 17.3. The molecular formula is C26H30FN5O2. The Labute approximate surface area is 199 Å². The van der Waals surface area contributed by atoms with Gasteiger partial charge in [0.1, 0.15) is 11.5 Å². The summed E-state index contributed by atoms with van der Waals surface area (Å²) >= 11 is 0. The van der Waals surface area contributed by atoms with Crippen molar-refractivity contribution in [2.75, 3.05) is 74.6 Å². The van der Waals surface area contributed by atoms with Gasteiger partial charge in [-0.15, -0.1) is 0 Å². The van der Waals surface area contributed by atoms with Crippen LogP contribution in [-0.4, -0.2) is 75.3 Å². The maximum absolute atomic E-state index is 14.5. The molecule has 0 radical (unpaired) electrons. The highest BCUT2D eigenvalue weighted by molar-refractivity contribution is 6.05. The number of benzene rings is 2. The maximum atomic E-state index is 14.5. The molecule has 2 aliphatic heterocycles. The predicted molar refractivity (Wildman–Crippen MR) is 134 cm³/mol. The molecule has 0 atom stereocenters. The zero-order valence-corrected chi connectivity index (χ0v) is 19.7. The molecule has 0 unspecified atom stereocenters. The van der Waals surface area contributed by atoms with Crippen molar-refractivity contribution in [2.45, 2.75) is 6.92 Å². The highest BCUT2D eigenvalue weighted by Gasteiger charge is 2.21. The number of amides is 1. The van der Waals surface area contributed by atoms with Crippen molar-refractivity contribution in [1.29, 1.82) is 0 Å². The number of fused-ring (bicyclic) bond motifs is 1. The predicted octanol–water partition coefficient (Wildman–Crippen LogP) is 3.52. The summed E-state index contributed by atoms with van der Waals surface area (Å²) in [5.41, 5.74) is 4.38. The number of pyridine rings is 1. The van der Waals surface area contributed by atoms with Gasteiger partial charge in [-0.3, -0.25) is 4.79 Å². The van der Waals surface area contributed by atoms with Crippen LogP contribution < -0.4 is 15.1 Å². The number of carbonyl (C=O) groups is 1. The maximum Gasteiger partial charge on any atom is 0.274 e. The largest absolute Gasteiger partial charge is 0.378 e. The van der Waals surface area contributed by atoms with Gasteiger partial charge < -0.3 is 24.8 Å². The number of rotatable bonds is 4. The average Bonchev–Trinajstić information content (AvgIpc) is 2.85. The number of nitrogens with one attached hydrogen (secondary N) is 1. The lowest BCUT2D eigenvalue weighted by molar-refractivity contribution is 0.102. The quantitative estimate of drug-likeness (QED) is 0.639. The minimum Gasteiger partial charge on any atom is -0.378 e. The standard InChI is InChI=1S/C26H30FN5O2/c1-18-15-23(26(33)28-20-3-5-21(6-4-20)31-11-13-34-14-12-31)29-25-22(18)16-19(27)17-24(25)32-9-7-30(2)8-10-32/h3-6,15-17H,7-14H2,1-2H3,(H,28,33). The van der Waals surface area contributed by atoms with Crippen LogP contribution in [0.5, 0.6) is 0 Å². The minimum absolute atomic E-state index is 0.280. The van der Waals surface area contributed by atoms with Crippen molar-refractivity contribution >= 4 is 33.9 Å². The molecule has 0 bridgehead atoms. The van der Waals surface area contributed by atoms with Gasteiger partial charge in [-0.05, 0) is 62.0 Å². The van der Waals surface area contributed by atoms with Gasteiger partial charge in [-0.1, -0.05) is 0 Å². The number of piperazine rings is 1. The van der Waals surface area contributed by atoms with E-state index in [1.165, 1.54) is 12.1 Å². The molecule has 1 amide bonds. The molecule has 7 nitrogen and oxygen atoms in total. The number of aryl methyl sites for hydroxylation is 1. The molecule has 0 saturated carbocycles. The second kappa shape index (κ2) is 9.56. The minimum atomic E-state index is -0.288. The fraction of sp³-hybridized carbons (Fsp3) is 0.385. The van der Waals surface area contributed by atoms with Crippen LogP contribution in [0.15, 0.2) is 42.5 Å². The summed E-state index contributed by atoms with van der Waals surface area (Å²) in [4.78, 5) is 24.5. The summed E-state index contributed by atoms with van der Waals surface area (Å²) in [6, 6.07) is 12.6. The molecule has 2 fully saturated rings. The summed E-state index contributed by atoms with van der Waals surface area (Å²) in [7, 11) is 2.08. The van der Waals surface area contributed by atoms with E-state index in [9.17, 15) is 9.18 Å². The van der Waals surface area contributed by atoms with E-state index in [0.29, 0.717) is 16.9 Å². The molecule has 1 N–H and O–H groups in total. The monoisotopic (exact) mass is 463 g/mol. The number of ether oxygens (including phenoxy) is 1. The zero-order valence-electron chi connectivity index (χ0n) is 19.7. The van der Waals surface area contributed by atoms with E-state index in [1.807, 2.05) is 31.2 Å². The first-order valence-electron chi connectivity index (χ1n) is 11.8. The first kappa shape index (κ1) is 22.6. The summed E-state index contributed by atoms with van der Waals surface area (Å²) in [5.74, 6) is -0.568. The number of morpholine rings is 1. The van der Waals surface area contributed by atoms with Gasteiger partial charge in [-0.2, -0.15) is 0 Å². The van der Waals surface area contributed by atoms with Crippen molar-refractivity contribution in [2.24, 2.45) is 0 Å². The van der Waals surface area contributed by atoms with E-state index in [4.69, 9.17) is 9.72 Å². The average molecular weight is 464 g/mol. The Bertz CT molecular complexity index is 1190. The first-order valence-corrected chi connectivity index (χ1v) is 11.8. The summed E-state index contributed by atoms with van der Waals surface area (Å²) in [6.07, 6.45) is 0. The number of carbonyl (C=O) groups excluding carboxylic acids is 1. The van der Waals surface area contributed by atoms with Crippen molar-refractivity contribution in [3.05, 3.63) is 59.5 Å². The molecule has 2 aliphatic rings. The van der Waals surface area contributed by atoms with Crippen molar-refractivity contribution in [1.82, 2.24) is 9.88 Å². The van der Waals surface area contributed by atoms with Crippen LogP contribution in [0.3, 0.4) is 0 Å². The molecule has 8 heteroatoms. The third-order valence-corrected chi connectivity index (χ3v) is 6.64. The van der Waals surface area contributed by atoms with E-state index in [2.05, 4.69) is 27.1 Å². The lowest BCUT2D eigenvalue weighted by Crippen LogP contribution is -2.44. The Kier molecular flexibility index (Phi) is 6.34. The molecule has 34 heavy (non-hydrogen) atoms. The smallest absolute Gasteiger partial charge is 0.274 e. The van der Waals surface area contributed by atoms with E-state index in [1.54, 1.807) is 6.07 Å². The van der Waals surface area contributed by atoms with Crippen LogP contribution in [-0.2, 0) is 4.74 Å². The molecular weight excluding hydrogens is 433 g/mol. The Hall–Kier alpha value is -3.23. The zero-order chi connectivity index (χ0) is 23.7. The van der Waals surface area contributed by atoms with E-state index >= 15 is 0 Å². The van der Waals surface area contributed by atoms with Gasteiger partial charge in [0.15, 0.2) is 0 Å². The van der Waals surface area contributed by atoms with Gasteiger partial charge in [0.05, 0.1) is 24.4 Å². The lowest BCUT2D eigenvalue weighted by atomic mass is 10.1. The molecule has 3 heterocycles. The Morgan fingerprint density at radius 1 is 0.971 bits per heavy atom. The van der Waals surface area contributed by atoms with Crippen molar-refractivity contribution in [3.8, 4) is 0 Å². The van der Waals surface area contributed by atoms with Gasteiger partial charge in [-0.25, -0.2) is 9.37 Å². The molecule has 2 aromatic carbocycles. The summed E-state index contributed by atoms with van der Waals surface area (Å²) in [5, 5.41) is 3.69. The third-order valence-electron chi connectivity index (χ3n) is 6.64. The number of nitrogens with zero attached hydrogens (tertiary/aromatic N) is 4. The van der Waals surface area contributed by atoms with Crippen LogP contribution in [0, 0.1) is 12.7 Å². The van der Waals surface area contributed by atoms with Crippen LogP contribution in [0.1, 0.15) is 16.1 Å². The SMILES string of the molecule is Cc1cc(C(=O)Nc2ccc(N3CCOCC3)cc2)nc2c(N3CCN(C)CC3)cc(F)cc12. The van der Waals surface area contributed by atoms with Gasteiger partial charge >= 0.3 is 0 Å². The molecule has 178 valence electrons. The second-order valence-corrected chi connectivity index (χ2v) is 9.04. The Morgan fingerprint density at radius 3 is 2.38 bits per heavy atom.